The van der Waals surface area contributed by atoms with Crippen molar-refractivity contribution in [3.63, 3.8) is 0 Å². The van der Waals surface area contributed by atoms with E-state index in [-0.39, 0.29) is 11.3 Å². The number of hydrogen-bond acceptors (Lipinski definition) is 5. The van der Waals surface area contributed by atoms with Crippen LogP contribution < -0.4 is 10.5 Å². The van der Waals surface area contributed by atoms with Crippen molar-refractivity contribution in [1.29, 1.82) is 0 Å². The second-order valence-electron chi connectivity index (χ2n) is 5.73. The van der Waals surface area contributed by atoms with Gasteiger partial charge in [-0.15, -0.1) is 11.8 Å². The minimum atomic E-state index is -3.27. The van der Waals surface area contributed by atoms with Crippen molar-refractivity contribution in [2.75, 3.05) is 37.9 Å². The third-order valence-corrected chi connectivity index (χ3v) is 6.14. The first kappa shape index (κ1) is 18.3. The van der Waals surface area contributed by atoms with Crippen molar-refractivity contribution in [2.45, 2.75) is 24.3 Å². The van der Waals surface area contributed by atoms with Gasteiger partial charge < -0.3 is 10.6 Å². The Kier molecular flexibility index (Phi) is 6.52. The number of nitrogens with one attached hydrogen (secondary N) is 1. The van der Waals surface area contributed by atoms with Crippen molar-refractivity contribution in [3.8, 4) is 0 Å². The van der Waals surface area contributed by atoms with Gasteiger partial charge in [0, 0.05) is 28.4 Å². The lowest BCUT2D eigenvalue weighted by molar-refractivity contribution is 0.199. The minimum absolute atomic E-state index is 0.0789. The molecule has 0 aliphatic carbocycles. The Morgan fingerprint density at radius 2 is 1.90 bits per heavy atom. The van der Waals surface area contributed by atoms with Crippen LogP contribution in [0.2, 0.25) is 0 Å². The standard InChI is InChI=1S/C14H25N3O2S2/c1-14(2,17(3)4)11-16-21(18,19)10-9-20-13-8-6-5-7-12(13)15/h5-8,16H,9-11,15H2,1-4H3. The highest BCUT2D eigenvalue weighted by molar-refractivity contribution is 8.00. The largest absolute Gasteiger partial charge is 0.398 e. The van der Waals surface area contributed by atoms with Gasteiger partial charge in [-0.3, -0.25) is 0 Å². The molecule has 1 rings (SSSR count). The van der Waals surface area contributed by atoms with Crippen LogP contribution in [0.3, 0.4) is 0 Å². The molecule has 5 nitrogen and oxygen atoms in total. The van der Waals surface area contributed by atoms with Gasteiger partial charge in [-0.05, 0) is 40.1 Å². The van der Waals surface area contributed by atoms with Crippen LogP contribution in [-0.2, 0) is 10.0 Å². The first-order chi connectivity index (χ1) is 9.64. The molecule has 3 N–H and O–H groups in total. The Morgan fingerprint density at radius 3 is 2.48 bits per heavy atom. The van der Waals surface area contributed by atoms with Crippen LogP contribution in [0.25, 0.3) is 0 Å². The van der Waals surface area contributed by atoms with E-state index < -0.39 is 10.0 Å². The van der Waals surface area contributed by atoms with Gasteiger partial charge in [0.2, 0.25) is 10.0 Å². The zero-order valence-electron chi connectivity index (χ0n) is 13.1. The van der Waals surface area contributed by atoms with Gasteiger partial charge in [-0.2, -0.15) is 0 Å². The molecule has 0 heterocycles. The topological polar surface area (TPSA) is 75.4 Å². The van der Waals surface area contributed by atoms with Crippen molar-refractivity contribution < 1.29 is 8.42 Å². The summed E-state index contributed by atoms with van der Waals surface area (Å²) in [6.07, 6.45) is 0. The molecular weight excluding hydrogens is 306 g/mol. The van der Waals surface area contributed by atoms with Crippen LogP contribution in [0, 0.1) is 0 Å². The number of benzene rings is 1. The lowest BCUT2D eigenvalue weighted by atomic mass is 10.1. The molecule has 0 amide bonds. The molecule has 0 aliphatic heterocycles. The van der Waals surface area contributed by atoms with E-state index in [0.717, 1.165) is 4.90 Å². The zero-order valence-corrected chi connectivity index (χ0v) is 14.7. The number of sulfonamides is 1. The maximum Gasteiger partial charge on any atom is 0.212 e. The van der Waals surface area contributed by atoms with Gasteiger partial charge in [-0.25, -0.2) is 13.1 Å². The van der Waals surface area contributed by atoms with Crippen LogP contribution in [0.5, 0.6) is 0 Å². The molecule has 21 heavy (non-hydrogen) atoms. The summed E-state index contributed by atoms with van der Waals surface area (Å²) < 4.78 is 26.7. The molecule has 0 aromatic heterocycles. The molecule has 7 heteroatoms. The molecule has 0 saturated carbocycles. The second-order valence-corrected chi connectivity index (χ2v) is 8.80. The van der Waals surface area contributed by atoms with Gasteiger partial charge in [0.1, 0.15) is 0 Å². The number of nitrogen functional groups attached to an aromatic ring is 1. The Bertz CT molecular complexity index is 557. The van der Waals surface area contributed by atoms with E-state index in [0.29, 0.717) is 18.0 Å². The number of nitrogens with two attached hydrogens (primary N) is 1. The molecule has 0 bridgehead atoms. The maximum absolute atomic E-state index is 12.0. The summed E-state index contributed by atoms with van der Waals surface area (Å²) in [7, 11) is 0.596. The monoisotopic (exact) mass is 331 g/mol. The quantitative estimate of drug-likeness (QED) is 0.559. The highest BCUT2D eigenvalue weighted by Crippen LogP contribution is 2.24. The summed E-state index contributed by atoms with van der Waals surface area (Å²) in [4.78, 5) is 2.91. The molecule has 0 fully saturated rings. The summed E-state index contributed by atoms with van der Waals surface area (Å²) in [5, 5.41) is 0. The van der Waals surface area contributed by atoms with E-state index in [1.54, 1.807) is 0 Å². The van der Waals surface area contributed by atoms with Crippen molar-refractivity contribution >= 4 is 27.5 Å². The highest BCUT2D eigenvalue weighted by atomic mass is 32.2. The summed E-state index contributed by atoms with van der Waals surface area (Å²) in [5.41, 5.74) is 6.29. The molecule has 0 atom stereocenters. The third kappa shape index (κ3) is 6.25. The van der Waals surface area contributed by atoms with Gasteiger partial charge in [0.15, 0.2) is 0 Å². The van der Waals surface area contributed by atoms with E-state index in [4.69, 9.17) is 5.73 Å². The van der Waals surface area contributed by atoms with Crippen molar-refractivity contribution in [2.24, 2.45) is 0 Å². The number of hydrogen-bond donors (Lipinski definition) is 2. The summed E-state index contributed by atoms with van der Waals surface area (Å²) in [5.74, 6) is 0.557. The van der Waals surface area contributed by atoms with E-state index in [9.17, 15) is 8.42 Å². The van der Waals surface area contributed by atoms with Crippen LogP contribution in [0.4, 0.5) is 5.69 Å². The summed E-state index contributed by atoms with van der Waals surface area (Å²) in [6, 6.07) is 7.47. The number of thioether (sulfide) groups is 1. The van der Waals surface area contributed by atoms with Crippen LogP contribution in [0.15, 0.2) is 29.2 Å². The average molecular weight is 332 g/mol. The van der Waals surface area contributed by atoms with Gasteiger partial charge in [-0.1, -0.05) is 12.1 Å². The molecule has 1 aromatic carbocycles. The smallest absolute Gasteiger partial charge is 0.212 e. The van der Waals surface area contributed by atoms with Gasteiger partial charge >= 0.3 is 0 Å². The predicted octanol–water partition coefficient (Wildman–Crippen LogP) is 1.62. The SMILES string of the molecule is CN(C)C(C)(C)CNS(=O)(=O)CCSc1ccccc1N. The molecular formula is C14H25N3O2S2. The first-order valence-electron chi connectivity index (χ1n) is 6.76. The molecule has 1 aromatic rings. The number of likely N-dealkylation sites (N-methyl/N-ethyl adjacent to an activating group) is 1. The molecule has 0 saturated heterocycles. The van der Waals surface area contributed by atoms with E-state index in [1.165, 1.54) is 11.8 Å². The Balaban J connectivity index is 2.45. The lowest BCUT2D eigenvalue weighted by Crippen LogP contribution is -2.48. The maximum atomic E-state index is 12.0. The first-order valence-corrected chi connectivity index (χ1v) is 9.40. The van der Waals surface area contributed by atoms with Gasteiger partial charge in [0.25, 0.3) is 0 Å². The van der Waals surface area contributed by atoms with Crippen LogP contribution in [0.1, 0.15) is 13.8 Å². The van der Waals surface area contributed by atoms with E-state index >= 15 is 0 Å². The molecule has 0 unspecified atom stereocenters. The third-order valence-electron chi connectivity index (χ3n) is 3.46. The molecule has 0 aliphatic rings. The fraction of sp³-hybridized carbons (Fsp3) is 0.571. The number of rotatable bonds is 8. The minimum Gasteiger partial charge on any atom is -0.398 e. The summed E-state index contributed by atoms with van der Waals surface area (Å²) >= 11 is 1.46. The van der Waals surface area contributed by atoms with E-state index in [2.05, 4.69) is 4.72 Å². The van der Waals surface area contributed by atoms with Crippen molar-refractivity contribution in [1.82, 2.24) is 9.62 Å². The Morgan fingerprint density at radius 1 is 1.29 bits per heavy atom. The Labute approximate surface area is 132 Å². The van der Waals surface area contributed by atoms with Crippen LogP contribution >= 0.6 is 11.8 Å². The fourth-order valence-electron chi connectivity index (χ4n) is 1.39. The van der Waals surface area contributed by atoms with Gasteiger partial charge in [0.05, 0.1) is 5.75 Å². The predicted molar refractivity (Wildman–Crippen MR) is 91.1 cm³/mol. The number of anilines is 1. The average Bonchev–Trinajstić information content (AvgIpc) is 2.39. The Hall–Kier alpha value is -0.760. The number of para-hydroxylation sites is 1. The molecule has 120 valence electrons. The lowest BCUT2D eigenvalue weighted by Gasteiger charge is -2.32. The fourth-order valence-corrected chi connectivity index (χ4v) is 3.95. The molecule has 0 spiro atoms. The highest BCUT2D eigenvalue weighted by Gasteiger charge is 2.23. The van der Waals surface area contributed by atoms with Crippen molar-refractivity contribution in [3.05, 3.63) is 24.3 Å². The summed E-state index contributed by atoms with van der Waals surface area (Å²) in [6.45, 7) is 4.38. The number of nitrogens with zero attached hydrogens (tertiary/aromatic N) is 1. The second kappa shape index (κ2) is 7.49. The van der Waals surface area contributed by atoms with E-state index in [1.807, 2.05) is 57.1 Å². The zero-order chi connectivity index (χ0) is 16.1. The normalized spacial score (nSPS) is 12.8. The van der Waals surface area contributed by atoms with Crippen LogP contribution in [-0.4, -0.2) is 51.0 Å². The molecule has 0 radical (unpaired) electrons.